The Balaban J connectivity index is 1.53. The van der Waals surface area contributed by atoms with Gasteiger partial charge >= 0.3 is 12.1 Å². The first-order valence-electron chi connectivity index (χ1n) is 16.4. The largest absolute Gasteiger partial charge is 0.458 e. The monoisotopic (exact) mass is 625 g/mol. The van der Waals surface area contributed by atoms with Crippen molar-refractivity contribution in [2.24, 2.45) is 29.6 Å². The second kappa shape index (κ2) is 14.3. The van der Waals surface area contributed by atoms with Crippen molar-refractivity contribution in [3.8, 4) is 11.3 Å². The number of hydrogen-bond donors (Lipinski definition) is 2. The van der Waals surface area contributed by atoms with E-state index in [9.17, 15) is 19.5 Å². The number of hydrogen-bond acceptors (Lipinski definition) is 9. The van der Waals surface area contributed by atoms with E-state index in [1.807, 2.05) is 58.2 Å². The van der Waals surface area contributed by atoms with Crippen molar-refractivity contribution in [1.82, 2.24) is 19.9 Å². The molecule has 45 heavy (non-hydrogen) atoms. The van der Waals surface area contributed by atoms with Crippen molar-refractivity contribution in [1.29, 1.82) is 0 Å². The summed E-state index contributed by atoms with van der Waals surface area (Å²) in [6, 6.07) is 6.85. The molecule has 3 heterocycles. The molecule has 4 rings (SSSR count). The van der Waals surface area contributed by atoms with E-state index >= 15 is 0 Å². The normalized spacial score (nSPS) is 33.3. The molecule has 2 aliphatic rings. The molecule has 0 spiro atoms. The van der Waals surface area contributed by atoms with Crippen LogP contribution < -0.4 is 5.73 Å². The number of fused-ring (bicyclic) bond motifs is 1. The number of anilines is 1. The number of Topliss-reactive ketones (excluding diaryl/α,β-unsaturated/α-hetero) is 1. The number of aryl methyl sites for hydroxylation is 1. The fraction of sp³-hybridized carbons (Fsp3) is 0.676. The molecule has 1 amide bonds. The standard InChI is InChI=1S/C34H51N5O6/c1-8-28-34(7)31(23(5)29(40)21(3)16-20(2)17-22(4)30(41)24(6)32(42)44-28)39(33(43)45-34)15-10-9-14-38-19-27(36-37-38)25-12-11-13-26(35)18-25/h11-13,18-24,28,30-31,41H,8-10,14-17,35H2,1-7H3. The van der Waals surface area contributed by atoms with Gasteiger partial charge in [0, 0.05) is 36.2 Å². The molecule has 9 unspecified atom stereocenters. The van der Waals surface area contributed by atoms with Gasteiger partial charge in [0.15, 0.2) is 5.60 Å². The molecule has 0 saturated carbocycles. The van der Waals surface area contributed by atoms with Gasteiger partial charge in [-0.2, -0.15) is 0 Å². The minimum atomic E-state index is -1.25. The van der Waals surface area contributed by atoms with Crippen LogP contribution >= 0.6 is 0 Å². The van der Waals surface area contributed by atoms with Crippen molar-refractivity contribution >= 4 is 23.5 Å². The topological polar surface area (TPSA) is 150 Å². The third-order valence-electron chi connectivity index (χ3n) is 9.90. The summed E-state index contributed by atoms with van der Waals surface area (Å²) in [5.74, 6) is -1.99. The van der Waals surface area contributed by atoms with Crippen LogP contribution in [0.25, 0.3) is 11.3 Å². The molecular weight excluding hydrogens is 574 g/mol. The number of nitrogen functional groups attached to an aromatic ring is 1. The summed E-state index contributed by atoms with van der Waals surface area (Å²) in [5.41, 5.74) is 6.94. The summed E-state index contributed by atoms with van der Waals surface area (Å²) in [4.78, 5) is 42.4. The van der Waals surface area contributed by atoms with Crippen molar-refractivity contribution in [3.05, 3.63) is 30.5 Å². The highest BCUT2D eigenvalue weighted by atomic mass is 16.6. The number of rotatable bonds is 7. The number of aliphatic hydroxyl groups excluding tert-OH is 1. The summed E-state index contributed by atoms with van der Waals surface area (Å²) >= 11 is 0. The van der Waals surface area contributed by atoms with Crippen LogP contribution in [0.1, 0.15) is 80.6 Å². The number of cyclic esters (lactones) is 1. The number of ketones is 1. The summed E-state index contributed by atoms with van der Waals surface area (Å²) in [6.07, 6.45) is 2.75. The van der Waals surface area contributed by atoms with Crippen LogP contribution in [0.4, 0.5) is 10.5 Å². The second-order valence-electron chi connectivity index (χ2n) is 13.6. The highest BCUT2D eigenvalue weighted by molar-refractivity contribution is 5.85. The molecular formula is C34H51N5O6. The van der Waals surface area contributed by atoms with Gasteiger partial charge in [-0.25, -0.2) is 4.79 Å². The van der Waals surface area contributed by atoms with Gasteiger partial charge < -0.3 is 25.2 Å². The summed E-state index contributed by atoms with van der Waals surface area (Å²) in [5, 5.41) is 19.5. The molecule has 2 aromatic rings. The van der Waals surface area contributed by atoms with E-state index < -0.39 is 47.7 Å². The Labute approximate surface area is 266 Å². The third-order valence-corrected chi connectivity index (χ3v) is 9.90. The molecule has 11 nitrogen and oxygen atoms in total. The van der Waals surface area contributed by atoms with E-state index in [1.54, 1.807) is 23.4 Å². The lowest BCUT2D eigenvalue weighted by molar-refractivity contribution is -0.174. The zero-order valence-electron chi connectivity index (χ0n) is 27.8. The van der Waals surface area contributed by atoms with E-state index in [1.165, 1.54) is 0 Å². The second-order valence-corrected chi connectivity index (χ2v) is 13.6. The van der Waals surface area contributed by atoms with E-state index in [0.717, 1.165) is 11.3 Å². The summed E-state index contributed by atoms with van der Waals surface area (Å²) in [6.45, 7) is 14.1. The highest BCUT2D eigenvalue weighted by Crippen LogP contribution is 2.41. The van der Waals surface area contributed by atoms with Gasteiger partial charge in [-0.3, -0.25) is 14.3 Å². The van der Waals surface area contributed by atoms with Crippen LogP contribution in [0.3, 0.4) is 0 Å². The lowest BCUT2D eigenvalue weighted by Crippen LogP contribution is -2.57. The Bertz CT molecular complexity index is 1350. The van der Waals surface area contributed by atoms with Gasteiger partial charge in [0.2, 0.25) is 0 Å². The number of nitrogens with zero attached hydrogens (tertiary/aromatic N) is 4. The number of esters is 1. The fourth-order valence-corrected chi connectivity index (χ4v) is 7.46. The SMILES string of the molecule is CCC1OC(=O)C(C)C(O)C(C)CC(C)CC(C)C(=O)C(C)C2N(CCCCn3cc(-c4cccc(N)c4)nn3)C(=O)OC12C. The number of carbonyl (C=O) groups excluding carboxylic acids is 3. The zero-order valence-corrected chi connectivity index (χ0v) is 27.8. The number of aliphatic hydroxyl groups is 1. The molecule has 2 aliphatic heterocycles. The number of ether oxygens (including phenoxy) is 2. The molecule has 1 aromatic carbocycles. The zero-order chi connectivity index (χ0) is 33.1. The average molecular weight is 626 g/mol. The van der Waals surface area contributed by atoms with Crippen LogP contribution in [-0.2, 0) is 25.6 Å². The Morgan fingerprint density at radius 3 is 2.44 bits per heavy atom. The van der Waals surface area contributed by atoms with Crippen LogP contribution in [-0.4, -0.2) is 73.2 Å². The molecule has 3 N–H and O–H groups in total. The van der Waals surface area contributed by atoms with E-state index in [4.69, 9.17) is 15.2 Å². The van der Waals surface area contributed by atoms with E-state index in [2.05, 4.69) is 17.2 Å². The van der Waals surface area contributed by atoms with Gasteiger partial charge in [-0.1, -0.05) is 52.0 Å². The summed E-state index contributed by atoms with van der Waals surface area (Å²) < 4.78 is 13.9. The number of benzene rings is 1. The molecule has 0 radical (unpaired) electrons. The number of carbonyl (C=O) groups is 3. The van der Waals surface area contributed by atoms with Gasteiger partial charge in [-0.15, -0.1) is 5.10 Å². The van der Waals surface area contributed by atoms with Crippen molar-refractivity contribution in [2.75, 3.05) is 12.3 Å². The number of nitrogens with two attached hydrogens (primary N) is 1. The number of aromatic nitrogens is 3. The molecule has 9 atom stereocenters. The molecule has 1 aromatic heterocycles. The van der Waals surface area contributed by atoms with Gasteiger partial charge in [0.05, 0.1) is 24.3 Å². The maximum atomic E-state index is 13.9. The van der Waals surface area contributed by atoms with E-state index in [0.29, 0.717) is 50.9 Å². The number of unbranched alkanes of at least 4 members (excludes halogenated alkanes) is 1. The van der Waals surface area contributed by atoms with Gasteiger partial charge in [0.1, 0.15) is 17.6 Å². The number of amides is 1. The highest BCUT2D eigenvalue weighted by Gasteiger charge is 2.59. The fourth-order valence-electron chi connectivity index (χ4n) is 7.46. The molecule has 0 bridgehead atoms. The van der Waals surface area contributed by atoms with Crippen LogP contribution in [0.2, 0.25) is 0 Å². The van der Waals surface area contributed by atoms with Gasteiger partial charge in [0.25, 0.3) is 0 Å². The summed E-state index contributed by atoms with van der Waals surface area (Å²) in [7, 11) is 0. The Morgan fingerprint density at radius 2 is 1.76 bits per heavy atom. The first kappa shape index (κ1) is 34.4. The van der Waals surface area contributed by atoms with Crippen molar-refractivity contribution in [3.63, 3.8) is 0 Å². The van der Waals surface area contributed by atoms with E-state index in [-0.39, 0.29) is 23.5 Å². The predicted octanol–water partition coefficient (Wildman–Crippen LogP) is 5.11. The molecule has 0 aliphatic carbocycles. The molecule has 248 valence electrons. The lowest BCUT2D eigenvalue weighted by Gasteiger charge is -2.41. The smallest absolute Gasteiger partial charge is 0.410 e. The molecule has 2 fully saturated rings. The first-order valence-corrected chi connectivity index (χ1v) is 16.4. The Morgan fingerprint density at radius 1 is 1.04 bits per heavy atom. The maximum absolute atomic E-state index is 13.9. The first-order chi connectivity index (χ1) is 21.3. The van der Waals surface area contributed by atoms with Crippen molar-refractivity contribution in [2.45, 2.75) is 111 Å². The van der Waals surface area contributed by atoms with Crippen molar-refractivity contribution < 1.29 is 29.0 Å². The third kappa shape index (κ3) is 7.51. The quantitative estimate of drug-likeness (QED) is 0.243. The minimum absolute atomic E-state index is 0.0536. The Hall–Kier alpha value is -3.47. The minimum Gasteiger partial charge on any atom is -0.458 e. The molecule has 11 heteroatoms. The lowest BCUT2D eigenvalue weighted by atomic mass is 9.75. The Kier molecular flexibility index (Phi) is 10.9. The van der Waals surface area contributed by atoms with Gasteiger partial charge in [-0.05, 0) is 69.9 Å². The average Bonchev–Trinajstić information content (AvgIpc) is 3.57. The predicted molar refractivity (Wildman–Crippen MR) is 171 cm³/mol. The molecule has 2 saturated heterocycles. The van der Waals surface area contributed by atoms with Crippen LogP contribution in [0, 0.1) is 29.6 Å². The van der Waals surface area contributed by atoms with Crippen LogP contribution in [0.15, 0.2) is 30.5 Å². The van der Waals surface area contributed by atoms with Crippen LogP contribution in [0.5, 0.6) is 0 Å². The maximum Gasteiger partial charge on any atom is 0.410 e.